The van der Waals surface area contributed by atoms with Crippen LogP contribution in [-0.4, -0.2) is 34.2 Å². The van der Waals surface area contributed by atoms with Gasteiger partial charge in [-0.05, 0) is 29.7 Å². The molecule has 0 aliphatic rings. The van der Waals surface area contributed by atoms with Gasteiger partial charge in [0.2, 0.25) is 5.91 Å². The largest absolute Gasteiger partial charge is 0.508 e. The predicted molar refractivity (Wildman–Crippen MR) is 100 cm³/mol. The molecule has 0 radical (unpaired) electrons. The summed E-state index contributed by atoms with van der Waals surface area (Å²) in [6.45, 7) is 1.64. The highest BCUT2D eigenvalue weighted by Crippen LogP contribution is 2.18. The minimum Gasteiger partial charge on any atom is -0.508 e. The number of benzene rings is 2. The molecule has 2 atom stereocenters. The van der Waals surface area contributed by atoms with Gasteiger partial charge in [-0.2, -0.15) is 0 Å². The molecule has 0 aliphatic carbocycles. The summed E-state index contributed by atoms with van der Waals surface area (Å²) in [7, 11) is 0. The first kappa shape index (κ1) is 20.8. The molecule has 8 heteroatoms. The van der Waals surface area contributed by atoms with Crippen LogP contribution in [0.15, 0.2) is 54.6 Å². The molecule has 2 aromatic carbocycles. The Morgan fingerprint density at radius 3 is 2.21 bits per heavy atom. The van der Waals surface area contributed by atoms with Crippen molar-refractivity contribution in [2.24, 2.45) is 0 Å². The van der Waals surface area contributed by atoms with Crippen molar-refractivity contribution in [2.45, 2.75) is 32.0 Å². The summed E-state index contributed by atoms with van der Waals surface area (Å²) in [5.41, 5.74) is 1.15. The normalized spacial score (nSPS) is 12.5. The molecule has 0 fully saturated rings. The number of hydrogen-bond acceptors (Lipinski definition) is 5. The highest BCUT2D eigenvalue weighted by Gasteiger charge is 2.27. The number of phenols is 1. The van der Waals surface area contributed by atoms with E-state index in [2.05, 4.69) is 10.6 Å². The van der Waals surface area contributed by atoms with E-state index in [1.165, 1.54) is 24.3 Å². The van der Waals surface area contributed by atoms with Crippen molar-refractivity contribution in [1.82, 2.24) is 10.6 Å². The lowest BCUT2D eigenvalue weighted by molar-refractivity contribution is -0.142. The Morgan fingerprint density at radius 1 is 1.00 bits per heavy atom. The van der Waals surface area contributed by atoms with Gasteiger partial charge in [0, 0.05) is 0 Å². The zero-order valence-corrected chi connectivity index (χ0v) is 15.3. The summed E-state index contributed by atoms with van der Waals surface area (Å²) >= 11 is 0. The number of hydrogen-bond donors (Lipinski definition) is 4. The summed E-state index contributed by atoms with van der Waals surface area (Å²) in [5.74, 6) is -1.88. The Balaban J connectivity index is 2.11. The van der Waals surface area contributed by atoms with Gasteiger partial charge < -0.3 is 25.6 Å². The summed E-state index contributed by atoms with van der Waals surface area (Å²) < 4.78 is 5.14. The van der Waals surface area contributed by atoms with E-state index in [1.54, 1.807) is 31.2 Å². The van der Waals surface area contributed by atoms with E-state index in [0.717, 1.165) is 5.56 Å². The van der Waals surface area contributed by atoms with E-state index in [1.807, 2.05) is 6.07 Å². The van der Waals surface area contributed by atoms with Crippen LogP contribution >= 0.6 is 0 Å². The van der Waals surface area contributed by atoms with Gasteiger partial charge in [-0.25, -0.2) is 9.59 Å². The highest BCUT2D eigenvalue weighted by atomic mass is 16.5. The first-order valence-corrected chi connectivity index (χ1v) is 8.70. The van der Waals surface area contributed by atoms with Crippen molar-refractivity contribution >= 4 is 18.0 Å². The molecular weight excluding hydrogens is 364 g/mol. The number of phenolic OH excluding ortho intramolecular Hbond substituents is 1. The fraction of sp³-hybridized carbons (Fsp3) is 0.250. The lowest BCUT2D eigenvalue weighted by atomic mass is 10.1. The van der Waals surface area contributed by atoms with Crippen LogP contribution in [0.5, 0.6) is 5.75 Å². The van der Waals surface area contributed by atoms with Gasteiger partial charge in [-0.3, -0.25) is 4.79 Å². The van der Waals surface area contributed by atoms with Gasteiger partial charge in [0.15, 0.2) is 0 Å². The third-order valence-corrected chi connectivity index (χ3v) is 3.99. The van der Waals surface area contributed by atoms with E-state index in [9.17, 15) is 19.5 Å². The Hall–Kier alpha value is -3.55. The molecular formula is C20H22N2O6. The van der Waals surface area contributed by atoms with Crippen LogP contribution in [-0.2, 0) is 20.9 Å². The Morgan fingerprint density at radius 2 is 1.64 bits per heavy atom. The van der Waals surface area contributed by atoms with Crippen molar-refractivity contribution in [3.63, 3.8) is 0 Å². The molecule has 0 unspecified atom stereocenters. The van der Waals surface area contributed by atoms with Gasteiger partial charge in [-0.1, -0.05) is 49.4 Å². The minimum atomic E-state index is -1.18. The third kappa shape index (κ3) is 6.01. The maximum absolute atomic E-state index is 12.6. The van der Waals surface area contributed by atoms with Crippen molar-refractivity contribution in [3.8, 4) is 5.75 Å². The SMILES string of the molecule is CC[C@H](NC(=O)[C@H](NC(=O)OCc1ccccc1)c1ccc(O)cc1)C(=O)O. The zero-order chi connectivity index (χ0) is 20.5. The van der Waals surface area contributed by atoms with E-state index >= 15 is 0 Å². The first-order valence-electron chi connectivity index (χ1n) is 8.70. The van der Waals surface area contributed by atoms with Crippen LogP contribution in [0, 0.1) is 0 Å². The fourth-order valence-corrected chi connectivity index (χ4v) is 2.44. The molecule has 0 saturated carbocycles. The van der Waals surface area contributed by atoms with Crippen molar-refractivity contribution in [2.75, 3.05) is 0 Å². The number of aromatic hydroxyl groups is 1. The van der Waals surface area contributed by atoms with Crippen LogP contribution < -0.4 is 10.6 Å². The molecule has 0 heterocycles. The van der Waals surface area contributed by atoms with Gasteiger partial charge in [0.1, 0.15) is 24.4 Å². The standard InChI is InChI=1S/C20H22N2O6/c1-2-16(19(25)26)21-18(24)17(14-8-10-15(23)11-9-14)22-20(27)28-12-13-6-4-3-5-7-13/h3-11,16-17,23H,2,12H2,1H3,(H,21,24)(H,22,27)(H,25,26)/t16-,17+/m0/s1. The Kier molecular flexibility index (Phi) is 7.38. The van der Waals surface area contributed by atoms with Crippen LogP contribution in [0.25, 0.3) is 0 Å². The van der Waals surface area contributed by atoms with Crippen molar-refractivity contribution < 1.29 is 29.3 Å². The van der Waals surface area contributed by atoms with Gasteiger partial charge >= 0.3 is 12.1 Å². The first-order chi connectivity index (χ1) is 13.4. The summed E-state index contributed by atoms with van der Waals surface area (Å²) in [4.78, 5) is 36.0. The fourth-order valence-electron chi connectivity index (χ4n) is 2.44. The quantitative estimate of drug-likeness (QED) is 0.552. The number of alkyl carbamates (subject to hydrolysis) is 1. The molecule has 2 aromatic rings. The van der Waals surface area contributed by atoms with Gasteiger partial charge in [0.05, 0.1) is 0 Å². The topological polar surface area (TPSA) is 125 Å². The summed E-state index contributed by atoms with van der Waals surface area (Å²) in [6, 6.07) is 12.4. The summed E-state index contributed by atoms with van der Waals surface area (Å²) in [6.07, 6.45) is -0.651. The molecule has 0 spiro atoms. The number of carbonyl (C=O) groups is 3. The lowest BCUT2D eigenvalue weighted by Crippen LogP contribution is -2.47. The third-order valence-electron chi connectivity index (χ3n) is 3.99. The number of nitrogens with one attached hydrogen (secondary N) is 2. The second kappa shape index (κ2) is 9.96. The van der Waals surface area contributed by atoms with E-state index < -0.39 is 30.1 Å². The highest BCUT2D eigenvalue weighted by molar-refractivity contribution is 5.90. The monoisotopic (exact) mass is 386 g/mol. The lowest BCUT2D eigenvalue weighted by Gasteiger charge is -2.21. The van der Waals surface area contributed by atoms with Crippen LogP contribution in [0.3, 0.4) is 0 Å². The van der Waals surface area contributed by atoms with Crippen LogP contribution in [0.2, 0.25) is 0 Å². The molecule has 8 nitrogen and oxygen atoms in total. The van der Waals surface area contributed by atoms with Gasteiger partial charge in [0.25, 0.3) is 0 Å². The number of carboxylic acids is 1. The molecule has 0 bridgehead atoms. The zero-order valence-electron chi connectivity index (χ0n) is 15.3. The molecule has 0 aliphatic heterocycles. The number of aliphatic carboxylic acids is 1. The number of carboxylic acid groups (broad SMARTS) is 1. The van der Waals surface area contributed by atoms with Crippen LogP contribution in [0.1, 0.15) is 30.5 Å². The average Bonchev–Trinajstić information content (AvgIpc) is 2.69. The molecule has 148 valence electrons. The van der Waals surface area contributed by atoms with Gasteiger partial charge in [-0.15, -0.1) is 0 Å². The summed E-state index contributed by atoms with van der Waals surface area (Å²) in [5, 5.41) is 23.4. The Labute approximate surface area is 162 Å². The van der Waals surface area contributed by atoms with Crippen LogP contribution in [0.4, 0.5) is 4.79 Å². The van der Waals surface area contributed by atoms with Crippen molar-refractivity contribution in [3.05, 3.63) is 65.7 Å². The molecule has 28 heavy (non-hydrogen) atoms. The molecule has 0 aromatic heterocycles. The second-order valence-corrected chi connectivity index (χ2v) is 6.04. The number of rotatable bonds is 8. The number of carbonyl (C=O) groups excluding carboxylic acids is 2. The predicted octanol–water partition coefficient (Wildman–Crippen LogP) is 2.34. The number of amides is 2. The minimum absolute atomic E-state index is 0.00784. The number of ether oxygens (including phenoxy) is 1. The second-order valence-electron chi connectivity index (χ2n) is 6.04. The molecule has 2 amide bonds. The Bertz CT molecular complexity index is 807. The maximum Gasteiger partial charge on any atom is 0.408 e. The maximum atomic E-state index is 12.6. The van der Waals surface area contributed by atoms with E-state index in [-0.39, 0.29) is 18.8 Å². The van der Waals surface area contributed by atoms with Crippen molar-refractivity contribution in [1.29, 1.82) is 0 Å². The average molecular weight is 386 g/mol. The smallest absolute Gasteiger partial charge is 0.408 e. The van der Waals surface area contributed by atoms with E-state index in [4.69, 9.17) is 9.84 Å². The molecule has 0 saturated heterocycles. The molecule has 4 N–H and O–H groups in total. The van der Waals surface area contributed by atoms with E-state index in [0.29, 0.717) is 5.56 Å². The molecule has 2 rings (SSSR count).